The summed E-state index contributed by atoms with van der Waals surface area (Å²) in [6, 6.07) is 15.3. The first-order chi connectivity index (χ1) is 12.5. The summed E-state index contributed by atoms with van der Waals surface area (Å²) in [4.78, 5) is 14.5. The molecule has 1 aliphatic heterocycles. The SMILES string of the molecule is CC1(CN)CCN(C(=O)Cc2cccc(OCc3ccccc3Cl)c2)C1.Cl. The van der Waals surface area contributed by atoms with Crippen molar-refractivity contribution >= 4 is 29.9 Å². The van der Waals surface area contributed by atoms with Crippen LogP contribution in [0.1, 0.15) is 24.5 Å². The van der Waals surface area contributed by atoms with Crippen molar-refractivity contribution in [1.82, 2.24) is 4.90 Å². The average Bonchev–Trinajstić information content (AvgIpc) is 3.05. The van der Waals surface area contributed by atoms with Gasteiger partial charge in [0.05, 0.1) is 6.42 Å². The Labute approximate surface area is 172 Å². The summed E-state index contributed by atoms with van der Waals surface area (Å²) in [6.45, 7) is 4.68. The first-order valence-corrected chi connectivity index (χ1v) is 9.30. The number of nitrogens with zero attached hydrogens (tertiary/aromatic N) is 1. The lowest BCUT2D eigenvalue weighted by Crippen LogP contribution is -2.35. The van der Waals surface area contributed by atoms with Crippen LogP contribution in [0.5, 0.6) is 5.75 Å². The highest BCUT2D eigenvalue weighted by molar-refractivity contribution is 6.31. The molecule has 0 spiro atoms. The first-order valence-electron chi connectivity index (χ1n) is 8.92. The normalized spacial score (nSPS) is 18.9. The Morgan fingerprint density at radius 1 is 1.26 bits per heavy atom. The average molecular weight is 409 g/mol. The largest absolute Gasteiger partial charge is 0.489 e. The van der Waals surface area contributed by atoms with E-state index < -0.39 is 0 Å². The Balaban J connectivity index is 0.00000261. The highest BCUT2D eigenvalue weighted by Gasteiger charge is 2.34. The zero-order valence-corrected chi connectivity index (χ0v) is 17.1. The molecule has 2 aromatic rings. The minimum absolute atomic E-state index is 0. The number of amides is 1. The summed E-state index contributed by atoms with van der Waals surface area (Å²) in [5, 5.41) is 0.691. The molecule has 4 nitrogen and oxygen atoms in total. The molecule has 0 aliphatic carbocycles. The Morgan fingerprint density at radius 3 is 2.74 bits per heavy atom. The molecule has 1 fully saturated rings. The van der Waals surface area contributed by atoms with Crippen molar-refractivity contribution in [3.8, 4) is 5.75 Å². The van der Waals surface area contributed by atoms with Gasteiger partial charge in [-0.25, -0.2) is 0 Å². The molecule has 146 valence electrons. The highest BCUT2D eigenvalue weighted by atomic mass is 35.5. The van der Waals surface area contributed by atoms with Crippen LogP contribution in [0, 0.1) is 5.41 Å². The summed E-state index contributed by atoms with van der Waals surface area (Å²) in [5.41, 5.74) is 7.77. The number of hydrogen-bond acceptors (Lipinski definition) is 3. The number of nitrogens with two attached hydrogens (primary N) is 1. The zero-order valence-electron chi connectivity index (χ0n) is 15.5. The summed E-state index contributed by atoms with van der Waals surface area (Å²) < 4.78 is 5.85. The molecule has 2 N–H and O–H groups in total. The number of hydrogen-bond donors (Lipinski definition) is 1. The van der Waals surface area contributed by atoms with Gasteiger partial charge in [-0.15, -0.1) is 12.4 Å². The summed E-state index contributed by atoms with van der Waals surface area (Å²) in [7, 11) is 0. The van der Waals surface area contributed by atoms with Gasteiger partial charge in [0, 0.05) is 23.7 Å². The van der Waals surface area contributed by atoms with Crippen molar-refractivity contribution in [1.29, 1.82) is 0 Å². The second kappa shape index (κ2) is 9.45. The second-order valence-corrected chi connectivity index (χ2v) is 7.69. The van der Waals surface area contributed by atoms with Crippen LogP contribution in [0.25, 0.3) is 0 Å². The zero-order chi connectivity index (χ0) is 18.6. The summed E-state index contributed by atoms with van der Waals surface area (Å²) in [5.74, 6) is 0.883. The van der Waals surface area contributed by atoms with E-state index >= 15 is 0 Å². The van der Waals surface area contributed by atoms with E-state index in [1.807, 2.05) is 53.4 Å². The van der Waals surface area contributed by atoms with Crippen LogP contribution in [0.2, 0.25) is 5.02 Å². The molecule has 0 aromatic heterocycles. The molecular formula is C21H26Cl2N2O2. The smallest absolute Gasteiger partial charge is 0.227 e. The molecule has 27 heavy (non-hydrogen) atoms. The number of benzene rings is 2. The van der Waals surface area contributed by atoms with Crippen molar-refractivity contribution in [2.75, 3.05) is 19.6 Å². The Bertz CT molecular complexity index is 784. The molecule has 0 bridgehead atoms. The van der Waals surface area contributed by atoms with Crippen LogP contribution in [-0.4, -0.2) is 30.4 Å². The fourth-order valence-corrected chi connectivity index (χ4v) is 3.40. The molecule has 1 heterocycles. The molecule has 3 rings (SSSR count). The lowest BCUT2D eigenvalue weighted by Gasteiger charge is -2.22. The Hall–Kier alpha value is -1.75. The fourth-order valence-electron chi connectivity index (χ4n) is 3.21. The van der Waals surface area contributed by atoms with Crippen LogP contribution < -0.4 is 10.5 Å². The van der Waals surface area contributed by atoms with Crippen LogP contribution in [0.4, 0.5) is 0 Å². The van der Waals surface area contributed by atoms with Gasteiger partial charge in [0.2, 0.25) is 5.91 Å². The number of rotatable bonds is 6. The van der Waals surface area contributed by atoms with Gasteiger partial charge < -0.3 is 15.4 Å². The number of likely N-dealkylation sites (tertiary alicyclic amines) is 1. The van der Waals surface area contributed by atoms with E-state index in [1.54, 1.807) is 0 Å². The third kappa shape index (κ3) is 5.61. The monoisotopic (exact) mass is 408 g/mol. The van der Waals surface area contributed by atoms with E-state index in [0.29, 0.717) is 24.6 Å². The molecule has 2 aromatic carbocycles. The molecule has 0 saturated carbocycles. The fraction of sp³-hybridized carbons (Fsp3) is 0.381. The lowest BCUT2D eigenvalue weighted by atomic mass is 9.90. The topological polar surface area (TPSA) is 55.6 Å². The Kier molecular flexibility index (Phi) is 7.54. The molecule has 6 heteroatoms. The Morgan fingerprint density at radius 2 is 2.04 bits per heavy atom. The summed E-state index contributed by atoms with van der Waals surface area (Å²) >= 11 is 6.16. The molecular weight excluding hydrogens is 383 g/mol. The van der Waals surface area contributed by atoms with Gasteiger partial charge >= 0.3 is 0 Å². The van der Waals surface area contributed by atoms with Crippen molar-refractivity contribution in [3.63, 3.8) is 0 Å². The van der Waals surface area contributed by atoms with Crippen molar-refractivity contribution in [3.05, 3.63) is 64.7 Å². The van der Waals surface area contributed by atoms with Gasteiger partial charge in [0.15, 0.2) is 0 Å². The van der Waals surface area contributed by atoms with Crippen LogP contribution in [0.3, 0.4) is 0 Å². The van der Waals surface area contributed by atoms with E-state index in [0.717, 1.165) is 36.4 Å². The van der Waals surface area contributed by atoms with Crippen LogP contribution >= 0.6 is 24.0 Å². The number of ether oxygens (including phenoxy) is 1. The summed E-state index contributed by atoms with van der Waals surface area (Å²) in [6.07, 6.45) is 1.35. The van der Waals surface area contributed by atoms with Crippen molar-refractivity contribution < 1.29 is 9.53 Å². The second-order valence-electron chi connectivity index (χ2n) is 7.28. The van der Waals surface area contributed by atoms with Crippen LogP contribution in [0.15, 0.2) is 48.5 Å². The standard InChI is InChI=1S/C21H25ClN2O2.ClH/c1-21(14-23)9-10-24(15-21)20(25)12-16-5-4-7-18(11-16)26-13-17-6-2-3-8-19(17)22;/h2-8,11H,9-10,12-15,23H2,1H3;1H. The maximum atomic E-state index is 12.6. The van der Waals surface area contributed by atoms with Gasteiger partial charge in [-0.3, -0.25) is 4.79 Å². The third-order valence-electron chi connectivity index (χ3n) is 5.01. The van der Waals surface area contributed by atoms with E-state index in [1.165, 1.54) is 0 Å². The molecule has 1 unspecified atom stereocenters. The number of halogens is 2. The minimum atomic E-state index is 0. The van der Waals surface area contributed by atoms with E-state index in [-0.39, 0.29) is 23.7 Å². The van der Waals surface area contributed by atoms with Gasteiger partial charge in [-0.1, -0.05) is 48.9 Å². The molecule has 1 saturated heterocycles. The van der Waals surface area contributed by atoms with E-state index in [4.69, 9.17) is 22.1 Å². The molecule has 1 aliphatic rings. The molecule has 0 radical (unpaired) electrons. The predicted octanol–water partition coefficient (Wildman–Crippen LogP) is 4.08. The number of carbonyl (C=O) groups excluding carboxylic acids is 1. The van der Waals surface area contributed by atoms with Gasteiger partial charge in [-0.05, 0) is 42.1 Å². The maximum absolute atomic E-state index is 12.6. The first kappa shape index (κ1) is 21.5. The number of carbonyl (C=O) groups is 1. The van der Waals surface area contributed by atoms with Gasteiger partial charge in [0.1, 0.15) is 12.4 Å². The van der Waals surface area contributed by atoms with E-state index in [9.17, 15) is 4.79 Å². The van der Waals surface area contributed by atoms with Gasteiger partial charge in [-0.2, -0.15) is 0 Å². The van der Waals surface area contributed by atoms with Gasteiger partial charge in [0.25, 0.3) is 0 Å². The quantitative estimate of drug-likeness (QED) is 0.782. The van der Waals surface area contributed by atoms with Crippen LogP contribution in [-0.2, 0) is 17.8 Å². The minimum Gasteiger partial charge on any atom is -0.489 e. The maximum Gasteiger partial charge on any atom is 0.227 e. The molecule has 1 atom stereocenters. The van der Waals surface area contributed by atoms with E-state index in [2.05, 4.69) is 6.92 Å². The molecule has 1 amide bonds. The lowest BCUT2D eigenvalue weighted by molar-refractivity contribution is -0.129. The predicted molar refractivity (Wildman–Crippen MR) is 112 cm³/mol. The third-order valence-corrected chi connectivity index (χ3v) is 5.38. The van der Waals surface area contributed by atoms with Crippen molar-refractivity contribution in [2.45, 2.75) is 26.4 Å². The van der Waals surface area contributed by atoms with Crippen molar-refractivity contribution in [2.24, 2.45) is 11.1 Å². The highest BCUT2D eigenvalue weighted by Crippen LogP contribution is 2.29.